The molecule has 3 heteroatoms. The van der Waals surface area contributed by atoms with Crippen molar-refractivity contribution >= 4 is 11.6 Å². The van der Waals surface area contributed by atoms with Gasteiger partial charge in [0.15, 0.2) is 0 Å². The summed E-state index contributed by atoms with van der Waals surface area (Å²) < 4.78 is 0. The van der Waals surface area contributed by atoms with Gasteiger partial charge in [-0.05, 0) is 19.9 Å². The van der Waals surface area contributed by atoms with Crippen molar-refractivity contribution in [2.24, 2.45) is 4.99 Å². The maximum absolute atomic E-state index is 11.5. The van der Waals surface area contributed by atoms with Gasteiger partial charge < -0.3 is 4.90 Å². The predicted octanol–water partition coefficient (Wildman–Crippen LogP) is 1.21. The second-order valence-electron chi connectivity index (χ2n) is 2.96. The highest BCUT2D eigenvalue weighted by molar-refractivity contribution is 6.00. The van der Waals surface area contributed by atoms with Gasteiger partial charge in [0.05, 0.1) is 0 Å². The molecule has 0 atom stereocenters. The molecule has 0 N–H and O–H groups in total. The minimum Gasteiger partial charge on any atom is -0.341 e. The number of aliphatic imine (C=N–C) groups is 1. The van der Waals surface area contributed by atoms with Crippen molar-refractivity contribution in [2.45, 2.75) is 20.3 Å². The molecule has 0 radical (unpaired) electrons. The summed E-state index contributed by atoms with van der Waals surface area (Å²) in [5.41, 5.74) is 1.61. The van der Waals surface area contributed by atoms with Crippen LogP contribution in [0.1, 0.15) is 20.3 Å². The van der Waals surface area contributed by atoms with E-state index in [1.807, 2.05) is 19.9 Å². The Morgan fingerprint density at radius 3 is 2.83 bits per heavy atom. The maximum atomic E-state index is 11.5. The standard InChI is InChI=1S/C9H14N2O/c1-4-11(3)9(12)8-6-5-7(2)10-8/h6H,4-5H2,1-3H3. The molecule has 0 saturated heterocycles. The fourth-order valence-electron chi connectivity index (χ4n) is 1.02. The Bertz CT molecular complexity index is 253. The average Bonchev–Trinajstić information content (AvgIpc) is 2.49. The van der Waals surface area contributed by atoms with Gasteiger partial charge in [-0.15, -0.1) is 0 Å². The second-order valence-corrected chi connectivity index (χ2v) is 2.96. The number of nitrogens with zero attached hydrogens (tertiary/aromatic N) is 2. The third-order valence-electron chi connectivity index (χ3n) is 1.94. The summed E-state index contributed by atoms with van der Waals surface area (Å²) in [4.78, 5) is 17.3. The Kier molecular flexibility index (Phi) is 2.63. The largest absolute Gasteiger partial charge is 0.341 e. The molecule has 3 nitrogen and oxygen atoms in total. The monoisotopic (exact) mass is 166 g/mol. The molecule has 0 aliphatic carbocycles. The summed E-state index contributed by atoms with van der Waals surface area (Å²) in [6, 6.07) is 0. The number of carbonyl (C=O) groups is 1. The van der Waals surface area contributed by atoms with E-state index in [1.165, 1.54) is 0 Å². The molecular formula is C9H14N2O. The van der Waals surface area contributed by atoms with Crippen LogP contribution in [0.15, 0.2) is 16.8 Å². The maximum Gasteiger partial charge on any atom is 0.271 e. The molecule has 66 valence electrons. The first-order chi connectivity index (χ1) is 5.65. The summed E-state index contributed by atoms with van der Waals surface area (Å²) in [6.07, 6.45) is 2.70. The molecule has 0 aromatic rings. The van der Waals surface area contributed by atoms with Crippen LogP contribution in [0.2, 0.25) is 0 Å². The zero-order valence-corrected chi connectivity index (χ0v) is 7.79. The van der Waals surface area contributed by atoms with Crippen molar-refractivity contribution in [1.29, 1.82) is 0 Å². The molecule has 0 saturated carbocycles. The minimum absolute atomic E-state index is 0.0225. The number of amides is 1. The SMILES string of the molecule is CCN(C)C(=O)C1=CCC(C)=N1. The highest BCUT2D eigenvalue weighted by Crippen LogP contribution is 2.11. The van der Waals surface area contributed by atoms with Crippen molar-refractivity contribution in [1.82, 2.24) is 4.90 Å². The lowest BCUT2D eigenvalue weighted by molar-refractivity contribution is -0.125. The molecule has 0 fully saturated rings. The Hall–Kier alpha value is -1.12. The van der Waals surface area contributed by atoms with E-state index in [9.17, 15) is 4.79 Å². The van der Waals surface area contributed by atoms with Gasteiger partial charge in [-0.25, -0.2) is 0 Å². The number of allylic oxidation sites excluding steroid dienone is 1. The number of hydrogen-bond acceptors (Lipinski definition) is 2. The molecule has 1 rings (SSSR count). The smallest absolute Gasteiger partial charge is 0.271 e. The minimum atomic E-state index is 0.0225. The lowest BCUT2D eigenvalue weighted by Gasteiger charge is -2.12. The normalized spacial score (nSPS) is 15.6. The van der Waals surface area contributed by atoms with Crippen LogP contribution >= 0.6 is 0 Å². The first kappa shape index (κ1) is 8.97. The van der Waals surface area contributed by atoms with Crippen molar-refractivity contribution < 1.29 is 4.79 Å². The van der Waals surface area contributed by atoms with E-state index in [-0.39, 0.29) is 5.91 Å². The van der Waals surface area contributed by atoms with Crippen molar-refractivity contribution in [3.05, 3.63) is 11.8 Å². The number of rotatable bonds is 2. The highest BCUT2D eigenvalue weighted by atomic mass is 16.2. The number of likely N-dealkylation sites (N-methyl/N-ethyl adjacent to an activating group) is 1. The van der Waals surface area contributed by atoms with Crippen LogP contribution in [0.25, 0.3) is 0 Å². The number of carbonyl (C=O) groups excluding carboxylic acids is 1. The number of hydrogen-bond donors (Lipinski definition) is 0. The van der Waals surface area contributed by atoms with Crippen molar-refractivity contribution in [3.63, 3.8) is 0 Å². The molecule has 1 aliphatic rings. The summed E-state index contributed by atoms with van der Waals surface area (Å²) in [6.45, 7) is 4.61. The van der Waals surface area contributed by atoms with Gasteiger partial charge in [-0.3, -0.25) is 9.79 Å². The van der Waals surface area contributed by atoms with Crippen LogP contribution < -0.4 is 0 Å². The Labute approximate surface area is 72.8 Å². The molecule has 1 heterocycles. The first-order valence-electron chi connectivity index (χ1n) is 4.15. The van der Waals surface area contributed by atoms with E-state index >= 15 is 0 Å². The van der Waals surface area contributed by atoms with Gasteiger partial charge in [0.2, 0.25) is 0 Å². The zero-order valence-electron chi connectivity index (χ0n) is 7.79. The van der Waals surface area contributed by atoms with E-state index in [4.69, 9.17) is 0 Å². The van der Waals surface area contributed by atoms with E-state index in [1.54, 1.807) is 11.9 Å². The van der Waals surface area contributed by atoms with Gasteiger partial charge in [0.25, 0.3) is 5.91 Å². The summed E-state index contributed by atoms with van der Waals surface area (Å²) in [5.74, 6) is 0.0225. The average molecular weight is 166 g/mol. The molecule has 12 heavy (non-hydrogen) atoms. The third kappa shape index (κ3) is 1.72. The van der Waals surface area contributed by atoms with Crippen LogP contribution in [0.5, 0.6) is 0 Å². The van der Waals surface area contributed by atoms with Crippen LogP contribution in [-0.4, -0.2) is 30.1 Å². The summed E-state index contributed by atoms with van der Waals surface area (Å²) in [7, 11) is 1.78. The van der Waals surface area contributed by atoms with Gasteiger partial charge in [-0.1, -0.05) is 0 Å². The van der Waals surface area contributed by atoms with Crippen molar-refractivity contribution in [3.8, 4) is 0 Å². The van der Waals surface area contributed by atoms with E-state index in [0.29, 0.717) is 5.70 Å². The van der Waals surface area contributed by atoms with E-state index < -0.39 is 0 Å². The molecule has 1 amide bonds. The van der Waals surface area contributed by atoms with E-state index in [2.05, 4.69) is 4.99 Å². The Morgan fingerprint density at radius 2 is 2.42 bits per heavy atom. The van der Waals surface area contributed by atoms with Crippen LogP contribution in [0.3, 0.4) is 0 Å². The predicted molar refractivity (Wildman–Crippen MR) is 49.1 cm³/mol. The summed E-state index contributed by atoms with van der Waals surface area (Å²) >= 11 is 0. The van der Waals surface area contributed by atoms with Gasteiger partial charge in [0.1, 0.15) is 5.70 Å². The lowest BCUT2D eigenvalue weighted by atomic mass is 10.3. The van der Waals surface area contributed by atoms with E-state index in [0.717, 1.165) is 18.7 Å². The third-order valence-corrected chi connectivity index (χ3v) is 1.94. The van der Waals surface area contributed by atoms with Crippen molar-refractivity contribution in [2.75, 3.05) is 13.6 Å². The quantitative estimate of drug-likeness (QED) is 0.607. The summed E-state index contributed by atoms with van der Waals surface area (Å²) in [5, 5.41) is 0. The molecular weight excluding hydrogens is 152 g/mol. The van der Waals surface area contributed by atoms with Crippen LogP contribution in [0.4, 0.5) is 0 Å². The molecule has 0 aromatic carbocycles. The molecule has 0 aromatic heterocycles. The highest BCUT2D eigenvalue weighted by Gasteiger charge is 2.15. The molecule has 0 bridgehead atoms. The second kappa shape index (κ2) is 3.52. The topological polar surface area (TPSA) is 32.7 Å². The zero-order chi connectivity index (χ0) is 9.14. The fraction of sp³-hybridized carbons (Fsp3) is 0.556. The van der Waals surface area contributed by atoms with Gasteiger partial charge >= 0.3 is 0 Å². The first-order valence-corrected chi connectivity index (χ1v) is 4.15. The molecule has 0 unspecified atom stereocenters. The lowest BCUT2D eigenvalue weighted by Crippen LogP contribution is -2.26. The fourth-order valence-corrected chi connectivity index (χ4v) is 1.02. The van der Waals surface area contributed by atoms with Gasteiger partial charge in [0, 0.05) is 25.7 Å². The van der Waals surface area contributed by atoms with Crippen LogP contribution in [0, 0.1) is 0 Å². The van der Waals surface area contributed by atoms with Crippen LogP contribution in [-0.2, 0) is 4.79 Å². The molecule has 0 spiro atoms. The Balaban J connectivity index is 2.66. The van der Waals surface area contributed by atoms with Gasteiger partial charge in [-0.2, -0.15) is 0 Å². The Morgan fingerprint density at radius 1 is 1.75 bits per heavy atom. The molecule has 1 aliphatic heterocycles.